The van der Waals surface area contributed by atoms with Crippen molar-refractivity contribution in [3.05, 3.63) is 71.8 Å². The van der Waals surface area contributed by atoms with Crippen molar-refractivity contribution in [2.45, 2.75) is 18.3 Å². The molecule has 0 N–H and O–H groups in total. The SMILES string of the molecule is CN1C(=O)C(c2ccccc2)CC(c2ccccc2)C1=O. The second-order valence-electron chi connectivity index (χ2n) is 5.40. The topological polar surface area (TPSA) is 37.4 Å². The fourth-order valence-electron chi connectivity index (χ4n) is 2.94. The summed E-state index contributed by atoms with van der Waals surface area (Å²) >= 11 is 0. The van der Waals surface area contributed by atoms with Crippen LogP contribution in [0.2, 0.25) is 0 Å². The minimum absolute atomic E-state index is 0.113. The van der Waals surface area contributed by atoms with E-state index in [1.165, 1.54) is 4.90 Å². The molecule has 0 radical (unpaired) electrons. The number of imide groups is 1. The Morgan fingerprint density at radius 3 is 1.52 bits per heavy atom. The highest BCUT2D eigenvalue weighted by atomic mass is 16.2. The predicted octanol–water partition coefficient (Wildman–Crippen LogP) is 2.94. The third kappa shape index (κ3) is 2.47. The lowest BCUT2D eigenvalue weighted by Gasteiger charge is -2.33. The van der Waals surface area contributed by atoms with Crippen molar-refractivity contribution in [1.29, 1.82) is 0 Å². The van der Waals surface area contributed by atoms with Gasteiger partial charge in [-0.1, -0.05) is 60.7 Å². The number of rotatable bonds is 2. The molecule has 3 nitrogen and oxygen atoms in total. The number of piperidine rings is 1. The summed E-state index contributed by atoms with van der Waals surface area (Å²) in [7, 11) is 1.58. The first-order valence-electron chi connectivity index (χ1n) is 7.10. The van der Waals surface area contributed by atoms with E-state index in [0.29, 0.717) is 6.42 Å². The molecule has 21 heavy (non-hydrogen) atoms. The van der Waals surface area contributed by atoms with Crippen LogP contribution < -0.4 is 0 Å². The molecule has 0 bridgehead atoms. The Morgan fingerprint density at radius 1 is 0.762 bits per heavy atom. The van der Waals surface area contributed by atoms with Crippen molar-refractivity contribution < 1.29 is 9.59 Å². The second kappa shape index (κ2) is 5.52. The van der Waals surface area contributed by atoms with E-state index in [1.54, 1.807) is 7.05 Å². The summed E-state index contributed by atoms with van der Waals surface area (Å²) in [6.45, 7) is 0. The van der Waals surface area contributed by atoms with Crippen molar-refractivity contribution >= 4 is 11.8 Å². The van der Waals surface area contributed by atoms with E-state index in [9.17, 15) is 9.59 Å². The van der Waals surface area contributed by atoms with Gasteiger partial charge in [0.2, 0.25) is 11.8 Å². The first kappa shape index (κ1) is 13.6. The average molecular weight is 279 g/mol. The molecule has 2 aromatic rings. The lowest BCUT2D eigenvalue weighted by Crippen LogP contribution is -2.45. The molecule has 3 rings (SSSR count). The lowest BCUT2D eigenvalue weighted by molar-refractivity contribution is -0.148. The van der Waals surface area contributed by atoms with Crippen LogP contribution in [0.1, 0.15) is 29.4 Å². The molecule has 3 heteroatoms. The summed E-state index contributed by atoms with van der Waals surface area (Å²) in [5.74, 6) is -0.727. The van der Waals surface area contributed by atoms with E-state index >= 15 is 0 Å². The average Bonchev–Trinajstić information content (AvgIpc) is 2.55. The zero-order valence-electron chi connectivity index (χ0n) is 11.9. The number of likely N-dealkylation sites (tertiary alicyclic amines) is 1. The Bertz CT molecular complexity index is 594. The van der Waals surface area contributed by atoms with Crippen molar-refractivity contribution in [3.8, 4) is 0 Å². The molecule has 0 aliphatic carbocycles. The zero-order chi connectivity index (χ0) is 14.8. The minimum Gasteiger partial charge on any atom is -0.285 e. The van der Waals surface area contributed by atoms with E-state index < -0.39 is 0 Å². The van der Waals surface area contributed by atoms with Gasteiger partial charge in [-0.25, -0.2) is 0 Å². The summed E-state index contributed by atoms with van der Waals surface area (Å²) in [5.41, 5.74) is 1.95. The molecule has 2 atom stereocenters. The minimum atomic E-state index is -0.251. The molecule has 106 valence electrons. The van der Waals surface area contributed by atoms with E-state index in [4.69, 9.17) is 0 Å². The van der Waals surface area contributed by atoms with Gasteiger partial charge in [0.05, 0.1) is 11.8 Å². The van der Waals surface area contributed by atoms with Gasteiger partial charge in [0.25, 0.3) is 0 Å². The Morgan fingerprint density at radius 2 is 1.14 bits per heavy atom. The highest BCUT2D eigenvalue weighted by molar-refractivity contribution is 6.03. The quantitative estimate of drug-likeness (QED) is 0.793. The van der Waals surface area contributed by atoms with E-state index in [2.05, 4.69) is 0 Å². The van der Waals surface area contributed by atoms with Crippen LogP contribution in [-0.4, -0.2) is 23.8 Å². The second-order valence-corrected chi connectivity index (χ2v) is 5.40. The normalized spacial score (nSPS) is 22.4. The summed E-state index contributed by atoms with van der Waals surface area (Å²) in [6.07, 6.45) is 0.538. The molecule has 1 aliphatic heterocycles. The van der Waals surface area contributed by atoms with Crippen molar-refractivity contribution in [1.82, 2.24) is 4.90 Å². The molecule has 2 amide bonds. The number of likely N-dealkylation sites (N-methyl/N-ethyl adjacent to an activating group) is 1. The Balaban J connectivity index is 1.97. The van der Waals surface area contributed by atoms with E-state index in [-0.39, 0.29) is 23.7 Å². The molecule has 1 fully saturated rings. The Hall–Kier alpha value is -2.42. The number of carbonyl (C=O) groups excluding carboxylic acids is 2. The maximum absolute atomic E-state index is 12.4. The first-order chi connectivity index (χ1) is 10.2. The third-order valence-electron chi connectivity index (χ3n) is 4.13. The van der Waals surface area contributed by atoms with Gasteiger partial charge < -0.3 is 0 Å². The van der Waals surface area contributed by atoms with Crippen LogP contribution in [0.4, 0.5) is 0 Å². The lowest BCUT2D eigenvalue weighted by atomic mass is 9.80. The van der Waals surface area contributed by atoms with Gasteiger partial charge in [0.15, 0.2) is 0 Å². The molecule has 2 unspecified atom stereocenters. The highest BCUT2D eigenvalue weighted by Gasteiger charge is 2.40. The zero-order valence-corrected chi connectivity index (χ0v) is 11.9. The summed E-state index contributed by atoms with van der Waals surface area (Å²) in [4.78, 5) is 26.1. The van der Waals surface area contributed by atoms with Crippen LogP contribution in [-0.2, 0) is 9.59 Å². The molecule has 0 spiro atoms. The molecule has 1 aliphatic rings. The third-order valence-corrected chi connectivity index (χ3v) is 4.13. The van der Waals surface area contributed by atoms with Gasteiger partial charge in [0, 0.05) is 7.05 Å². The number of hydrogen-bond donors (Lipinski definition) is 0. The summed E-state index contributed by atoms with van der Waals surface area (Å²) in [6, 6.07) is 19.4. The molecule has 1 heterocycles. The number of nitrogens with zero attached hydrogens (tertiary/aromatic N) is 1. The van der Waals surface area contributed by atoms with Crippen LogP contribution in [0, 0.1) is 0 Å². The number of carbonyl (C=O) groups is 2. The van der Waals surface area contributed by atoms with E-state index in [0.717, 1.165) is 11.1 Å². The van der Waals surface area contributed by atoms with Crippen LogP contribution in [0.3, 0.4) is 0 Å². The molecule has 0 aromatic heterocycles. The Labute approximate surface area is 124 Å². The molecule has 2 aromatic carbocycles. The molecule has 0 saturated carbocycles. The number of amides is 2. The molecular formula is C18H17NO2. The van der Waals surface area contributed by atoms with Crippen LogP contribution in [0.5, 0.6) is 0 Å². The highest BCUT2D eigenvalue weighted by Crippen LogP contribution is 2.36. The Kier molecular flexibility index (Phi) is 3.57. The van der Waals surface area contributed by atoms with Crippen molar-refractivity contribution in [2.24, 2.45) is 0 Å². The fourth-order valence-corrected chi connectivity index (χ4v) is 2.94. The van der Waals surface area contributed by atoms with Gasteiger partial charge in [0.1, 0.15) is 0 Å². The standard InChI is InChI=1S/C18H17NO2/c1-19-17(20)15(13-8-4-2-5-9-13)12-16(18(19)21)14-10-6-3-7-11-14/h2-11,15-16H,12H2,1H3. The number of benzene rings is 2. The van der Waals surface area contributed by atoms with Gasteiger partial charge in [-0.15, -0.1) is 0 Å². The summed E-state index contributed by atoms with van der Waals surface area (Å²) in [5, 5.41) is 0. The van der Waals surface area contributed by atoms with Crippen LogP contribution in [0.25, 0.3) is 0 Å². The predicted molar refractivity (Wildman–Crippen MR) is 80.8 cm³/mol. The first-order valence-corrected chi connectivity index (χ1v) is 7.10. The van der Waals surface area contributed by atoms with Gasteiger partial charge in [-0.3, -0.25) is 14.5 Å². The van der Waals surface area contributed by atoms with Gasteiger partial charge >= 0.3 is 0 Å². The van der Waals surface area contributed by atoms with Crippen LogP contribution in [0.15, 0.2) is 60.7 Å². The molecular weight excluding hydrogens is 262 g/mol. The fraction of sp³-hybridized carbons (Fsp3) is 0.222. The maximum Gasteiger partial charge on any atom is 0.236 e. The van der Waals surface area contributed by atoms with Gasteiger partial charge in [-0.05, 0) is 17.5 Å². The van der Waals surface area contributed by atoms with Crippen LogP contribution >= 0.6 is 0 Å². The molecule has 1 saturated heterocycles. The maximum atomic E-state index is 12.4. The summed E-state index contributed by atoms with van der Waals surface area (Å²) < 4.78 is 0. The van der Waals surface area contributed by atoms with Crippen molar-refractivity contribution in [3.63, 3.8) is 0 Å². The largest absolute Gasteiger partial charge is 0.285 e. The smallest absolute Gasteiger partial charge is 0.236 e. The monoisotopic (exact) mass is 279 g/mol. The van der Waals surface area contributed by atoms with Crippen molar-refractivity contribution in [2.75, 3.05) is 7.05 Å². The number of hydrogen-bond acceptors (Lipinski definition) is 2. The van der Waals surface area contributed by atoms with Gasteiger partial charge in [-0.2, -0.15) is 0 Å². The van der Waals surface area contributed by atoms with E-state index in [1.807, 2.05) is 60.7 Å².